The average molecular weight is 428 g/mol. The molecule has 29 heavy (non-hydrogen) atoms. The van der Waals surface area contributed by atoms with Crippen LogP contribution in [0.4, 0.5) is 0 Å². The Balaban J connectivity index is 1.36. The number of amides is 1. The van der Waals surface area contributed by atoms with Gasteiger partial charge in [0.1, 0.15) is 12.9 Å². The molecule has 1 unspecified atom stereocenters. The predicted octanol–water partition coefficient (Wildman–Crippen LogP) is 2.78. The van der Waals surface area contributed by atoms with E-state index in [4.69, 9.17) is 30.5 Å². The van der Waals surface area contributed by atoms with Crippen molar-refractivity contribution in [2.45, 2.75) is 64.2 Å². The van der Waals surface area contributed by atoms with Crippen molar-refractivity contribution in [2.75, 3.05) is 26.4 Å². The third-order valence-corrected chi connectivity index (χ3v) is 5.41. The van der Waals surface area contributed by atoms with Gasteiger partial charge in [0.15, 0.2) is 5.02 Å². The highest BCUT2D eigenvalue weighted by Gasteiger charge is 2.31. The molecule has 2 fully saturated rings. The van der Waals surface area contributed by atoms with Crippen LogP contribution in [0.3, 0.4) is 0 Å². The minimum Gasteiger partial charge on any atom is -0.476 e. The number of nitrogens with zero attached hydrogens (tertiary/aromatic N) is 2. The summed E-state index contributed by atoms with van der Waals surface area (Å²) in [7, 11) is 0. The zero-order chi connectivity index (χ0) is 20.6. The summed E-state index contributed by atoms with van der Waals surface area (Å²) in [5.74, 6) is 1.01. The minimum atomic E-state index is -0.0441. The average Bonchev–Trinajstić information content (AvgIpc) is 2.66. The molecule has 1 saturated heterocycles. The minimum absolute atomic E-state index is 0.0139. The zero-order valence-corrected chi connectivity index (χ0v) is 17.8. The maximum absolute atomic E-state index is 11.0. The van der Waals surface area contributed by atoms with Crippen molar-refractivity contribution in [1.82, 2.24) is 15.3 Å². The molecule has 2 atom stereocenters. The van der Waals surface area contributed by atoms with E-state index in [9.17, 15) is 4.79 Å². The van der Waals surface area contributed by atoms with Crippen molar-refractivity contribution in [3.05, 3.63) is 11.3 Å². The molecule has 8 nitrogen and oxygen atoms in total. The second-order valence-corrected chi connectivity index (χ2v) is 8.18. The van der Waals surface area contributed by atoms with Crippen LogP contribution in [0.2, 0.25) is 5.02 Å². The first kappa shape index (κ1) is 22.1. The standard InChI is InChI=1S/C20H30ClN3O5/c1-13(24-14(2)25)9-27-17-7-15(8-17)10-28-19-18(21)20(23-12-22-19)29-11-16-5-3-4-6-26-16/h12-13,15-17H,3-11H2,1-2H3,(H,24,25)/t13-,15?,16?,17?/m0/s1. The molecule has 0 bridgehead atoms. The van der Waals surface area contributed by atoms with Gasteiger partial charge in [-0.15, -0.1) is 0 Å². The lowest BCUT2D eigenvalue weighted by atomic mass is 9.83. The highest BCUT2D eigenvalue weighted by molar-refractivity contribution is 6.33. The fourth-order valence-corrected chi connectivity index (χ4v) is 3.67. The van der Waals surface area contributed by atoms with Crippen LogP contribution in [0.15, 0.2) is 6.33 Å². The highest BCUT2D eigenvalue weighted by Crippen LogP contribution is 2.34. The Labute approximate surface area is 176 Å². The fourth-order valence-electron chi connectivity index (χ4n) is 3.46. The lowest BCUT2D eigenvalue weighted by Crippen LogP contribution is -2.40. The largest absolute Gasteiger partial charge is 0.476 e. The summed E-state index contributed by atoms with van der Waals surface area (Å²) in [4.78, 5) is 19.2. The second kappa shape index (κ2) is 10.9. The van der Waals surface area contributed by atoms with E-state index < -0.39 is 0 Å². The third kappa shape index (κ3) is 6.97. The molecule has 1 aliphatic heterocycles. The molecule has 1 aromatic rings. The van der Waals surface area contributed by atoms with Crippen molar-refractivity contribution in [3.63, 3.8) is 0 Å². The Morgan fingerprint density at radius 1 is 1.28 bits per heavy atom. The Morgan fingerprint density at radius 3 is 2.66 bits per heavy atom. The first-order chi connectivity index (χ1) is 14.0. The molecule has 1 saturated carbocycles. The summed E-state index contributed by atoms with van der Waals surface area (Å²) in [6.07, 6.45) is 6.75. The van der Waals surface area contributed by atoms with E-state index in [0.717, 1.165) is 38.7 Å². The molecule has 1 aliphatic carbocycles. The van der Waals surface area contributed by atoms with E-state index in [2.05, 4.69) is 15.3 Å². The van der Waals surface area contributed by atoms with E-state index in [1.165, 1.54) is 13.3 Å². The van der Waals surface area contributed by atoms with Gasteiger partial charge in [-0.2, -0.15) is 0 Å². The van der Waals surface area contributed by atoms with Gasteiger partial charge in [-0.1, -0.05) is 11.6 Å². The molecule has 1 N–H and O–H groups in total. The topological polar surface area (TPSA) is 91.8 Å². The molecule has 0 spiro atoms. The first-order valence-corrected chi connectivity index (χ1v) is 10.7. The van der Waals surface area contributed by atoms with Crippen LogP contribution >= 0.6 is 11.6 Å². The van der Waals surface area contributed by atoms with Gasteiger partial charge < -0.3 is 24.3 Å². The molecule has 9 heteroatoms. The van der Waals surface area contributed by atoms with Gasteiger partial charge in [-0.25, -0.2) is 9.97 Å². The molecule has 2 aliphatic rings. The summed E-state index contributed by atoms with van der Waals surface area (Å²) in [5, 5.41) is 3.10. The summed E-state index contributed by atoms with van der Waals surface area (Å²) in [6.45, 7) is 5.67. The number of carbonyl (C=O) groups excluding carboxylic acids is 1. The number of aromatic nitrogens is 2. The number of halogens is 1. The van der Waals surface area contributed by atoms with Gasteiger partial charge >= 0.3 is 0 Å². The molecule has 162 valence electrons. The monoisotopic (exact) mass is 427 g/mol. The Morgan fingerprint density at radius 2 is 2.00 bits per heavy atom. The second-order valence-electron chi connectivity index (χ2n) is 7.80. The highest BCUT2D eigenvalue weighted by atomic mass is 35.5. The molecule has 1 aromatic heterocycles. The summed E-state index contributed by atoms with van der Waals surface area (Å²) < 4.78 is 23.0. The maximum Gasteiger partial charge on any atom is 0.239 e. The van der Waals surface area contributed by atoms with E-state index in [-0.39, 0.29) is 24.2 Å². The molecule has 0 aromatic carbocycles. The lowest BCUT2D eigenvalue weighted by molar-refractivity contribution is -0.120. The quantitative estimate of drug-likeness (QED) is 0.613. The van der Waals surface area contributed by atoms with E-state index in [1.807, 2.05) is 6.92 Å². The summed E-state index contributed by atoms with van der Waals surface area (Å²) in [6, 6.07) is 0.0139. The summed E-state index contributed by atoms with van der Waals surface area (Å²) in [5.41, 5.74) is 0. The Kier molecular flexibility index (Phi) is 8.32. The van der Waals surface area contributed by atoms with Crippen molar-refractivity contribution < 1.29 is 23.7 Å². The molecule has 3 rings (SSSR count). The van der Waals surface area contributed by atoms with Gasteiger partial charge in [-0.05, 0) is 44.9 Å². The fraction of sp³-hybridized carbons (Fsp3) is 0.750. The predicted molar refractivity (Wildman–Crippen MR) is 107 cm³/mol. The number of rotatable bonds is 10. The van der Waals surface area contributed by atoms with Crippen LogP contribution in [0.1, 0.15) is 46.0 Å². The molecule has 2 heterocycles. The first-order valence-electron chi connectivity index (χ1n) is 10.3. The van der Waals surface area contributed by atoms with Crippen molar-refractivity contribution >= 4 is 17.5 Å². The van der Waals surface area contributed by atoms with Crippen LogP contribution in [0.25, 0.3) is 0 Å². The molecule has 1 amide bonds. The van der Waals surface area contributed by atoms with Crippen LogP contribution in [0.5, 0.6) is 11.8 Å². The van der Waals surface area contributed by atoms with Gasteiger partial charge in [0.2, 0.25) is 17.7 Å². The lowest BCUT2D eigenvalue weighted by Gasteiger charge is -2.35. The SMILES string of the molecule is CC(=O)N[C@@H](C)COC1CC(COc2ncnc(OCC3CCCCO3)c2Cl)C1. The van der Waals surface area contributed by atoms with Gasteiger partial charge in [-0.3, -0.25) is 4.79 Å². The van der Waals surface area contributed by atoms with Crippen molar-refractivity contribution in [1.29, 1.82) is 0 Å². The normalized spacial score (nSPS) is 25.0. The number of carbonyl (C=O) groups is 1. The van der Waals surface area contributed by atoms with Gasteiger partial charge in [0.05, 0.1) is 25.4 Å². The Bertz CT molecular complexity index is 666. The summed E-state index contributed by atoms with van der Waals surface area (Å²) >= 11 is 6.35. The van der Waals surface area contributed by atoms with Crippen LogP contribution in [-0.2, 0) is 14.3 Å². The number of ether oxygens (including phenoxy) is 4. The molecular formula is C20H30ClN3O5. The zero-order valence-electron chi connectivity index (χ0n) is 17.1. The van der Waals surface area contributed by atoms with E-state index in [0.29, 0.717) is 42.5 Å². The van der Waals surface area contributed by atoms with Gasteiger partial charge in [0.25, 0.3) is 0 Å². The van der Waals surface area contributed by atoms with Crippen LogP contribution in [0, 0.1) is 5.92 Å². The van der Waals surface area contributed by atoms with Crippen LogP contribution in [-0.4, -0.2) is 60.6 Å². The van der Waals surface area contributed by atoms with Gasteiger partial charge in [0, 0.05) is 19.6 Å². The van der Waals surface area contributed by atoms with Crippen molar-refractivity contribution in [2.24, 2.45) is 5.92 Å². The maximum atomic E-state index is 11.0. The molecular weight excluding hydrogens is 398 g/mol. The van der Waals surface area contributed by atoms with E-state index in [1.54, 1.807) is 0 Å². The number of nitrogens with one attached hydrogen (secondary N) is 1. The van der Waals surface area contributed by atoms with E-state index >= 15 is 0 Å². The van der Waals surface area contributed by atoms with Crippen LogP contribution < -0.4 is 14.8 Å². The number of hydrogen-bond acceptors (Lipinski definition) is 7. The Hall–Kier alpha value is -1.64. The number of hydrogen-bond donors (Lipinski definition) is 1. The van der Waals surface area contributed by atoms with Crippen molar-refractivity contribution in [3.8, 4) is 11.8 Å². The third-order valence-electron chi connectivity index (χ3n) is 5.09. The smallest absolute Gasteiger partial charge is 0.239 e. The molecule has 0 radical (unpaired) electrons.